The summed E-state index contributed by atoms with van der Waals surface area (Å²) in [5, 5.41) is 0. The first-order valence-electron chi connectivity index (χ1n) is 4.43. The van der Waals surface area contributed by atoms with Gasteiger partial charge in [-0.3, -0.25) is 4.98 Å². The van der Waals surface area contributed by atoms with Gasteiger partial charge in [-0.25, -0.2) is 0 Å². The molecule has 1 unspecified atom stereocenters. The smallest absolute Gasteiger partial charge is 0.0437 e. The Balaban J connectivity index is 2.15. The minimum atomic E-state index is 0.632. The fraction of sp³-hybridized carbons (Fsp3) is 0.364. The maximum absolute atomic E-state index is 4.35. The van der Waals surface area contributed by atoms with Gasteiger partial charge in [-0.2, -0.15) is 0 Å². The van der Waals surface area contributed by atoms with Crippen LogP contribution in [0, 0.1) is 6.08 Å². The van der Waals surface area contributed by atoms with Gasteiger partial charge in [-0.1, -0.05) is 12.1 Å². The average Bonchev–Trinajstić information content (AvgIpc) is 2.21. The zero-order valence-electron chi connectivity index (χ0n) is 7.03. The Morgan fingerprint density at radius 2 is 2.42 bits per heavy atom. The highest BCUT2D eigenvalue weighted by Gasteiger charge is 2.12. The summed E-state index contributed by atoms with van der Waals surface area (Å²) in [6.45, 7) is 0. The molecule has 2 rings (SSSR count). The zero-order chi connectivity index (χ0) is 8.23. The maximum Gasteiger partial charge on any atom is 0.0437 e. The highest BCUT2D eigenvalue weighted by atomic mass is 14.7. The molecule has 0 saturated heterocycles. The molecule has 1 aliphatic carbocycles. The minimum absolute atomic E-state index is 0.632. The van der Waals surface area contributed by atoms with Crippen LogP contribution in [0.2, 0.25) is 0 Å². The van der Waals surface area contributed by atoms with E-state index in [4.69, 9.17) is 0 Å². The van der Waals surface area contributed by atoms with Crippen molar-refractivity contribution >= 4 is 0 Å². The topological polar surface area (TPSA) is 12.9 Å². The normalized spacial score (nSPS) is 22.5. The summed E-state index contributed by atoms with van der Waals surface area (Å²) in [6.07, 6.45) is 10.6. The second-order valence-corrected chi connectivity index (χ2v) is 3.13. The quantitative estimate of drug-likeness (QED) is 0.612. The first-order chi connectivity index (χ1) is 5.97. The molecule has 0 saturated carbocycles. The molecular weight excluding hydrogens is 146 g/mol. The van der Waals surface area contributed by atoms with Gasteiger partial charge in [0.15, 0.2) is 0 Å². The van der Waals surface area contributed by atoms with Crippen molar-refractivity contribution in [3.8, 4) is 0 Å². The van der Waals surface area contributed by atoms with Crippen LogP contribution in [0.25, 0.3) is 0 Å². The molecule has 0 spiro atoms. The number of rotatable bonds is 1. The van der Waals surface area contributed by atoms with Crippen LogP contribution < -0.4 is 0 Å². The molecule has 0 bridgehead atoms. The summed E-state index contributed by atoms with van der Waals surface area (Å²) in [5.74, 6) is 0.632. The lowest BCUT2D eigenvalue weighted by Crippen LogP contribution is -2.02. The van der Waals surface area contributed by atoms with Gasteiger partial charge in [0.1, 0.15) is 0 Å². The molecule has 1 atom stereocenters. The Kier molecular flexibility index (Phi) is 2.21. The number of allylic oxidation sites excluding steroid dienone is 2. The Labute approximate surface area is 73.1 Å². The van der Waals surface area contributed by atoms with Crippen molar-refractivity contribution < 1.29 is 0 Å². The van der Waals surface area contributed by atoms with Gasteiger partial charge in [0.2, 0.25) is 0 Å². The molecule has 0 fully saturated rings. The number of aromatic nitrogens is 1. The molecule has 0 aliphatic heterocycles. The third kappa shape index (κ3) is 1.55. The molecule has 1 heteroatoms. The Morgan fingerprint density at radius 1 is 1.42 bits per heavy atom. The lowest BCUT2D eigenvalue weighted by molar-refractivity contribution is 0.593. The molecule has 1 heterocycles. The Hall–Kier alpha value is -1.11. The van der Waals surface area contributed by atoms with E-state index in [0.29, 0.717) is 5.92 Å². The molecule has 1 aliphatic rings. The van der Waals surface area contributed by atoms with Gasteiger partial charge in [-0.05, 0) is 37.5 Å². The SMILES string of the molecule is [C]1=CCC(c2ccccn2)CC1. The number of pyridine rings is 1. The van der Waals surface area contributed by atoms with Crippen LogP contribution >= 0.6 is 0 Å². The van der Waals surface area contributed by atoms with Crippen LogP contribution in [0.5, 0.6) is 0 Å². The molecule has 1 aromatic heterocycles. The van der Waals surface area contributed by atoms with Crippen LogP contribution in [-0.4, -0.2) is 4.98 Å². The average molecular weight is 158 g/mol. The molecule has 1 nitrogen and oxygen atoms in total. The summed E-state index contributed by atoms with van der Waals surface area (Å²) in [5.41, 5.74) is 1.23. The largest absolute Gasteiger partial charge is 0.261 e. The summed E-state index contributed by atoms with van der Waals surface area (Å²) in [7, 11) is 0. The van der Waals surface area contributed by atoms with Crippen molar-refractivity contribution in [2.75, 3.05) is 0 Å². The fourth-order valence-electron chi connectivity index (χ4n) is 1.59. The number of hydrogen-bond acceptors (Lipinski definition) is 1. The van der Waals surface area contributed by atoms with E-state index in [1.807, 2.05) is 12.3 Å². The van der Waals surface area contributed by atoms with Gasteiger partial charge >= 0.3 is 0 Å². The predicted octanol–water partition coefficient (Wildman–Crippen LogP) is 2.71. The van der Waals surface area contributed by atoms with E-state index in [-0.39, 0.29) is 0 Å². The molecule has 12 heavy (non-hydrogen) atoms. The van der Waals surface area contributed by atoms with Crippen molar-refractivity contribution in [1.82, 2.24) is 4.98 Å². The van der Waals surface area contributed by atoms with Crippen molar-refractivity contribution in [3.63, 3.8) is 0 Å². The van der Waals surface area contributed by atoms with Crippen LogP contribution in [0.1, 0.15) is 30.9 Å². The zero-order valence-corrected chi connectivity index (χ0v) is 7.03. The van der Waals surface area contributed by atoms with E-state index in [0.717, 1.165) is 12.8 Å². The highest BCUT2D eigenvalue weighted by Crippen LogP contribution is 2.26. The number of hydrogen-bond donors (Lipinski definition) is 0. The van der Waals surface area contributed by atoms with Gasteiger partial charge in [0.05, 0.1) is 0 Å². The third-order valence-corrected chi connectivity index (χ3v) is 2.29. The molecule has 0 aromatic carbocycles. The van der Waals surface area contributed by atoms with Crippen molar-refractivity contribution in [1.29, 1.82) is 0 Å². The second-order valence-electron chi connectivity index (χ2n) is 3.13. The van der Waals surface area contributed by atoms with E-state index in [1.165, 1.54) is 12.1 Å². The lowest BCUT2D eigenvalue weighted by atomic mass is 9.91. The second kappa shape index (κ2) is 3.53. The summed E-state index contributed by atoms with van der Waals surface area (Å²) < 4.78 is 0. The van der Waals surface area contributed by atoms with Crippen molar-refractivity contribution in [2.24, 2.45) is 0 Å². The van der Waals surface area contributed by atoms with E-state index in [1.54, 1.807) is 0 Å². The van der Waals surface area contributed by atoms with Crippen LogP contribution in [-0.2, 0) is 0 Å². The maximum atomic E-state index is 4.35. The summed E-state index contributed by atoms with van der Waals surface area (Å²) in [4.78, 5) is 4.35. The van der Waals surface area contributed by atoms with Gasteiger partial charge in [-0.15, -0.1) is 0 Å². The number of nitrogens with zero attached hydrogens (tertiary/aromatic N) is 1. The van der Waals surface area contributed by atoms with E-state index in [2.05, 4.69) is 29.3 Å². The molecule has 0 N–H and O–H groups in total. The van der Waals surface area contributed by atoms with Crippen molar-refractivity contribution in [2.45, 2.75) is 25.2 Å². The highest BCUT2D eigenvalue weighted by molar-refractivity contribution is 5.11. The van der Waals surface area contributed by atoms with E-state index in [9.17, 15) is 0 Å². The molecule has 61 valence electrons. The van der Waals surface area contributed by atoms with Gasteiger partial charge in [0.25, 0.3) is 0 Å². The van der Waals surface area contributed by atoms with E-state index < -0.39 is 0 Å². The summed E-state index contributed by atoms with van der Waals surface area (Å²) >= 11 is 0. The monoisotopic (exact) mass is 158 g/mol. The van der Waals surface area contributed by atoms with Crippen LogP contribution in [0.4, 0.5) is 0 Å². The fourth-order valence-corrected chi connectivity index (χ4v) is 1.59. The minimum Gasteiger partial charge on any atom is -0.261 e. The van der Waals surface area contributed by atoms with Crippen LogP contribution in [0.15, 0.2) is 30.5 Å². The first kappa shape index (κ1) is 7.53. The Morgan fingerprint density at radius 3 is 3.08 bits per heavy atom. The first-order valence-corrected chi connectivity index (χ1v) is 4.43. The Bertz CT molecular complexity index is 264. The molecule has 1 aromatic rings. The molecule has 0 amide bonds. The standard InChI is InChI=1S/C11H12N/c1-2-6-10(7-3-1)11-8-4-5-9-12-11/h2,4-5,8-10H,3,6-7H2. The lowest BCUT2D eigenvalue weighted by Gasteiger charge is -2.16. The van der Waals surface area contributed by atoms with Gasteiger partial charge in [0, 0.05) is 17.8 Å². The predicted molar refractivity (Wildman–Crippen MR) is 48.6 cm³/mol. The van der Waals surface area contributed by atoms with Gasteiger partial charge < -0.3 is 0 Å². The van der Waals surface area contributed by atoms with Crippen LogP contribution in [0.3, 0.4) is 0 Å². The third-order valence-electron chi connectivity index (χ3n) is 2.29. The van der Waals surface area contributed by atoms with Crippen molar-refractivity contribution in [3.05, 3.63) is 42.2 Å². The summed E-state index contributed by atoms with van der Waals surface area (Å²) in [6, 6.07) is 6.14. The van der Waals surface area contributed by atoms with E-state index >= 15 is 0 Å². The molecular formula is C11H12N. The molecule has 1 radical (unpaired) electrons.